The third kappa shape index (κ3) is 3.59. The van der Waals surface area contributed by atoms with E-state index >= 15 is 0 Å². The second-order valence-electron chi connectivity index (χ2n) is 4.72. The molecule has 0 aromatic heterocycles. The molecule has 3 unspecified atom stereocenters. The van der Waals surface area contributed by atoms with E-state index in [1.54, 1.807) is 0 Å². The Kier molecular flexibility index (Phi) is 5.33. The minimum absolute atomic E-state index is 0.258. The van der Waals surface area contributed by atoms with E-state index in [1.165, 1.54) is 0 Å². The molecular formula is C11H23ClN2O. The van der Waals surface area contributed by atoms with E-state index in [9.17, 15) is 5.11 Å². The molecule has 1 N–H and O–H groups in total. The van der Waals surface area contributed by atoms with Crippen LogP contribution in [-0.2, 0) is 0 Å². The van der Waals surface area contributed by atoms with Crippen molar-refractivity contribution < 1.29 is 5.11 Å². The predicted octanol–water partition coefficient (Wildman–Crippen LogP) is 1.21. The molecule has 0 spiro atoms. The van der Waals surface area contributed by atoms with E-state index < -0.39 is 0 Å². The summed E-state index contributed by atoms with van der Waals surface area (Å²) >= 11 is 5.70. The molecule has 0 aromatic carbocycles. The summed E-state index contributed by atoms with van der Waals surface area (Å²) in [7, 11) is 2.13. The molecule has 1 fully saturated rings. The number of hydrogen-bond donors (Lipinski definition) is 1. The third-order valence-electron chi connectivity index (χ3n) is 3.30. The van der Waals surface area contributed by atoms with Gasteiger partial charge in [0, 0.05) is 31.6 Å². The van der Waals surface area contributed by atoms with E-state index in [-0.39, 0.29) is 12.1 Å². The Labute approximate surface area is 98.0 Å². The van der Waals surface area contributed by atoms with Crippen molar-refractivity contribution in [2.24, 2.45) is 5.92 Å². The van der Waals surface area contributed by atoms with Gasteiger partial charge in [0.25, 0.3) is 0 Å². The van der Waals surface area contributed by atoms with Crippen LogP contribution in [0.1, 0.15) is 20.3 Å². The van der Waals surface area contributed by atoms with E-state index in [1.807, 2.05) is 0 Å². The number of alkyl halides is 1. The molecule has 3 atom stereocenters. The van der Waals surface area contributed by atoms with E-state index in [0.717, 1.165) is 26.1 Å². The highest BCUT2D eigenvalue weighted by Crippen LogP contribution is 2.18. The van der Waals surface area contributed by atoms with Crippen molar-refractivity contribution in [3.8, 4) is 0 Å². The molecule has 15 heavy (non-hydrogen) atoms. The first-order valence-electron chi connectivity index (χ1n) is 5.74. The fourth-order valence-corrected chi connectivity index (χ4v) is 2.54. The van der Waals surface area contributed by atoms with Crippen LogP contribution in [0.5, 0.6) is 0 Å². The maximum Gasteiger partial charge on any atom is 0.110 e. The SMILES string of the molecule is CC(CCCl)C(O)N1CCN(C)CC1C. The van der Waals surface area contributed by atoms with Gasteiger partial charge in [-0.1, -0.05) is 6.92 Å². The number of rotatable bonds is 4. The summed E-state index contributed by atoms with van der Waals surface area (Å²) in [5.41, 5.74) is 0. The van der Waals surface area contributed by atoms with Crippen LogP contribution >= 0.6 is 11.6 Å². The van der Waals surface area contributed by atoms with Gasteiger partial charge in [0.1, 0.15) is 6.23 Å². The van der Waals surface area contributed by atoms with Crippen molar-refractivity contribution in [2.75, 3.05) is 32.6 Å². The van der Waals surface area contributed by atoms with Crippen LogP contribution in [0.4, 0.5) is 0 Å². The van der Waals surface area contributed by atoms with Crippen molar-refractivity contribution in [2.45, 2.75) is 32.5 Å². The van der Waals surface area contributed by atoms with Gasteiger partial charge in [0.2, 0.25) is 0 Å². The topological polar surface area (TPSA) is 26.7 Å². The zero-order valence-corrected chi connectivity index (χ0v) is 10.7. The highest BCUT2D eigenvalue weighted by molar-refractivity contribution is 6.17. The molecular weight excluding hydrogens is 212 g/mol. The first kappa shape index (κ1) is 13.2. The Morgan fingerprint density at radius 2 is 2.13 bits per heavy atom. The van der Waals surface area contributed by atoms with Crippen molar-refractivity contribution in [1.82, 2.24) is 9.80 Å². The summed E-state index contributed by atoms with van der Waals surface area (Å²) in [5, 5.41) is 10.2. The molecule has 0 radical (unpaired) electrons. The molecule has 0 bridgehead atoms. The van der Waals surface area contributed by atoms with Crippen LogP contribution in [-0.4, -0.2) is 59.7 Å². The summed E-state index contributed by atoms with van der Waals surface area (Å²) in [6.45, 7) is 7.26. The molecule has 0 saturated carbocycles. The lowest BCUT2D eigenvalue weighted by molar-refractivity contribution is -0.0790. The van der Waals surface area contributed by atoms with Gasteiger partial charge in [-0.25, -0.2) is 0 Å². The van der Waals surface area contributed by atoms with Crippen molar-refractivity contribution in [1.29, 1.82) is 0 Å². The molecule has 3 nitrogen and oxygen atoms in total. The molecule has 0 aromatic rings. The average molecular weight is 235 g/mol. The predicted molar refractivity (Wildman–Crippen MR) is 64.2 cm³/mol. The zero-order valence-electron chi connectivity index (χ0n) is 9.99. The van der Waals surface area contributed by atoms with Gasteiger partial charge in [0.15, 0.2) is 0 Å². The Balaban J connectivity index is 2.47. The van der Waals surface area contributed by atoms with Gasteiger partial charge >= 0.3 is 0 Å². The molecule has 0 amide bonds. The first-order chi connectivity index (χ1) is 7.06. The van der Waals surface area contributed by atoms with Gasteiger partial charge in [-0.2, -0.15) is 0 Å². The normalized spacial score (nSPS) is 29.0. The van der Waals surface area contributed by atoms with E-state index in [4.69, 9.17) is 11.6 Å². The molecule has 1 aliphatic heterocycles. The maximum atomic E-state index is 10.2. The summed E-state index contributed by atoms with van der Waals surface area (Å²) < 4.78 is 0. The zero-order chi connectivity index (χ0) is 11.4. The summed E-state index contributed by atoms with van der Waals surface area (Å²) in [6.07, 6.45) is 0.536. The van der Waals surface area contributed by atoms with Gasteiger partial charge < -0.3 is 10.0 Å². The van der Waals surface area contributed by atoms with Gasteiger partial charge in [0.05, 0.1) is 0 Å². The van der Waals surface area contributed by atoms with E-state index in [0.29, 0.717) is 11.9 Å². The Hall–Kier alpha value is 0.170. The van der Waals surface area contributed by atoms with Crippen molar-refractivity contribution >= 4 is 11.6 Å². The van der Waals surface area contributed by atoms with Crippen LogP contribution < -0.4 is 0 Å². The van der Waals surface area contributed by atoms with Gasteiger partial charge in [-0.15, -0.1) is 11.6 Å². The standard InChI is InChI=1S/C11H23ClN2O/c1-9(4-5-12)11(15)14-7-6-13(3)8-10(14)2/h9-11,15H,4-8H2,1-3H3. The highest BCUT2D eigenvalue weighted by Gasteiger charge is 2.29. The van der Waals surface area contributed by atoms with Crippen LogP contribution in [0.15, 0.2) is 0 Å². The lowest BCUT2D eigenvalue weighted by Crippen LogP contribution is -2.55. The number of piperazine rings is 1. The number of nitrogens with zero attached hydrogens (tertiary/aromatic N) is 2. The maximum absolute atomic E-state index is 10.2. The minimum Gasteiger partial charge on any atom is -0.378 e. The number of hydrogen-bond acceptors (Lipinski definition) is 3. The smallest absolute Gasteiger partial charge is 0.110 e. The Morgan fingerprint density at radius 1 is 1.47 bits per heavy atom. The first-order valence-corrected chi connectivity index (χ1v) is 6.28. The summed E-state index contributed by atoms with van der Waals surface area (Å²) in [5.74, 6) is 0.883. The van der Waals surface area contributed by atoms with Crippen LogP contribution in [0, 0.1) is 5.92 Å². The molecule has 4 heteroatoms. The van der Waals surface area contributed by atoms with Crippen LogP contribution in [0.3, 0.4) is 0 Å². The second kappa shape index (κ2) is 6.04. The van der Waals surface area contributed by atoms with Gasteiger partial charge in [-0.3, -0.25) is 4.90 Å². The quantitative estimate of drug-likeness (QED) is 0.741. The van der Waals surface area contributed by atoms with Gasteiger partial charge in [-0.05, 0) is 26.3 Å². The molecule has 0 aliphatic carbocycles. The number of likely N-dealkylation sites (N-methyl/N-ethyl adjacent to an activating group) is 1. The molecule has 1 saturated heterocycles. The Morgan fingerprint density at radius 3 is 2.67 bits per heavy atom. The fraction of sp³-hybridized carbons (Fsp3) is 1.00. The van der Waals surface area contributed by atoms with E-state index in [2.05, 4.69) is 30.7 Å². The second-order valence-corrected chi connectivity index (χ2v) is 5.10. The third-order valence-corrected chi connectivity index (χ3v) is 3.51. The van der Waals surface area contributed by atoms with Crippen molar-refractivity contribution in [3.05, 3.63) is 0 Å². The highest BCUT2D eigenvalue weighted by atomic mass is 35.5. The van der Waals surface area contributed by atoms with Crippen molar-refractivity contribution in [3.63, 3.8) is 0 Å². The number of aliphatic hydroxyl groups is 1. The Bertz CT molecular complexity index is 191. The lowest BCUT2D eigenvalue weighted by atomic mass is 10.0. The number of halogens is 1. The number of aliphatic hydroxyl groups excluding tert-OH is 1. The molecule has 90 valence electrons. The fourth-order valence-electron chi connectivity index (χ4n) is 2.19. The summed E-state index contributed by atoms with van der Waals surface area (Å²) in [6, 6.07) is 0.427. The van der Waals surface area contributed by atoms with Crippen LogP contribution in [0.25, 0.3) is 0 Å². The summed E-state index contributed by atoms with van der Waals surface area (Å²) in [4.78, 5) is 4.50. The van der Waals surface area contributed by atoms with Crippen LogP contribution in [0.2, 0.25) is 0 Å². The average Bonchev–Trinajstić information content (AvgIpc) is 2.17. The molecule has 1 aliphatic rings. The lowest BCUT2D eigenvalue weighted by Gasteiger charge is -2.42. The minimum atomic E-state index is -0.340. The molecule has 1 rings (SSSR count). The largest absolute Gasteiger partial charge is 0.378 e. The molecule has 1 heterocycles. The monoisotopic (exact) mass is 234 g/mol.